The number of pyridine rings is 1. The minimum absolute atomic E-state index is 0.0659. The van der Waals surface area contributed by atoms with Crippen LogP contribution in [0.15, 0.2) is 23.4 Å². The number of methoxy groups -OCH3 is 1. The van der Waals surface area contributed by atoms with Crippen molar-refractivity contribution in [2.24, 2.45) is 5.92 Å². The minimum atomic E-state index is -0.244. The lowest BCUT2D eigenvalue weighted by molar-refractivity contribution is -0.144. The van der Waals surface area contributed by atoms with Gasteiger partial charge in [-0.15, -0.1) is 11.8 Å². The monoisotopic (exact) mass is 280 g/mol. The van der Waals surface area contributed by atoms with E-state index in [-0.39, 0.29) is 17.8 Å². The summed E-state index contributed by atoms with van der Waals surface area (Å²) in [5.41, 5.74) is 0.598. The molecule has 1 atom stereocenters. The van der Waals surface area contributed by atoms with E-state index in [2.05, 4.69) is 4.98 Å². The van der Waals surface area contributed by atoms with Crippen LogP contribution in [-0.4, -0.2) is 48.2 Å². The van der Waals surface area contributed by atoms with Crippen molar-refractivity contribution < 1.29 is 14.3 Å². The third-order valence-corrected chi connectivity index (χ3v) is 3.92. The lowest BCUT2D eigenvalue weighted by Gasteiger charge is -2.17. The molecular weight excluding hydrogens is 264 g/mol. The van der Waals surface area contributed by atoms with Gasteiger partial charge >= 0.3 is 5.97 Å². The minimum Gasteiger partial charge on any atom is -0.469 e. The molecule has 0 aromatic carbocycles. The first-order chi connectivity index (χ1) is 9.17. The molecule has 1 aromatic rings. The number of hydrogen-bond donors (Lipinski definition) is 0. The number of aromatic nitrogens is 1. The maximum absolute atomic E-state index is 12.4. The van der Waals surface area contributed by atoms with E-state index < -0.39 is 0 Å². The molecule has 5 nitrogen and oxygen atoms in total. The van der Waals surface area contributed by atoms with Gasteiger partial charge in [0.05, 0.1) is 18.6 Å². The number of carbonyl (C=O) groups excluding carboxylic acids is 2. The summed E-state index contributed by atoms with van der Waals surface area (Å²) >= 11 is 1.44. The largest absolute Gasteiger partial charge is 0.469 e. The Labute approximate surface area is 116 Å². The number of ether oxygens (including phenoxy) is 1. The van der Waals surface area contributed by atoms with Gasteiger partial charge in [-0.3, -0.25) is 9.59 Å². The van der Waals surface area contributed by atoms with Crippen LogP contribution in [0.1, 0.15) is 16.8 Å². The summed E-state index contributed by atoms with van der Waals surface area (Å²) in [4.78, 5) is 29.7. The standard InChI is InChI=1S/C13H16N2O3S/c1-18-13(17)9-5-7-15(8-9)12(16)10-4-3-6-14-11(10)19-2/h3-4,6,9H,5,7-8H2,1-2H3. The molecule has 0 N–H and O–H groups in total. The Morgan fingerprint density at radius 3 is 3.00 bits per heavy atom. The number of likely N-dealkylation sites (tertiary alicyclic amines) is 1. The second-order valence-corrected chi connectivity index (χ2v) is 5.12. The van der Waals surface area contributed by atoms with Crippen molar-refractivity contribution in [3.05, 3.63) is 23.9 Å². The molecule has 0 spiro atoms. The fourth-order valence-electron chi connectivity index (χ4n) is 2.19. The lowest BCUT2D eigenvalue weighted by Crippen LogP contribution is -2.30. The number of esters is 1. The van der Waals surface area contributed by atoms with Crippen LogP contribution < -0.4 is 0 Å². The van der Waals surface area contributed by atoms with Crippen LogP contribution in [0, 0.1) is 5.92 Å². The van der Waals surface area contributed by atoms with E-state index >= 15 is 0 Å². The second kappa shape index (κ2) is 6.06. The van der Waals surface area contributed by atoms with Gasteiger partial charge in [0.15, 0.2) is 0 Å². The number of rotatable bonds is 3. The van der Waals surface area contributed by atoms with E-state index in [1.165, 1.54) is 18.9 Å². The molecule has 1 aromatic heterocycles. The molecular formula is C13H16N2O3S. The smallest absolute Gasteiger partial charge is 0.310 e. The molecule has 0 radical (unpaired) electrons. The van der Waals surface area contributed by atoms with Gasteiger partial charge in [-0.2, -0.15) is 0 Å². The summed E-state index contributed by atoms with van der Waals surface area (Å²) in [5, 5.41) is 0.717. The van der Waals surface area contributed by atoms with Crippen LogP contribution in [0.4, 0.5) is 0 Å². The Kier molecular flexibility index (Phi) is 4.42. The van der Waals surface area contributed by atoms with Crippen LogP contribution in [0.25, 0.3) is 0 Å². The molecule has 1 unspecified atom stereocenters. The third-order valence-electron chi connectivity index (χ3n) is 3.20. The van der Waals surface area contributed by atoms with Crippen molar-refractivity contribution >= 4 is 23.6 Å². The first kappa shape index (κ1) is 13.9. The molecule has 102 valence electrons. The zero-order chi connectivity index (χ0) is 13.8. The van der Waals surface area contributed by atoms with Crippen LogP contribution in [0.3, 0.4) is 0 Å². The summed E-state index contributed by atoms with van der Waals surface area (Å²) in [6, 6.07) is 3.52. The van der Waals surface area contributed by atoms with Gasteiger partial charge in [0.1, 0.15) is 5.03 Å². The molecule has 6 heteroatoms. The Hall–Kier alpha value is -1.56. The van der Waals surface area contributed by atoms with E-state index in [9.17, 15) is 9.59 Å². The SMILES string of the molecule is COC(=O)C1CCN(C(=O)c2cccnc2SC)C1. The molecule has 19 heavy (non-hydrogen) atoms. The Balaban J connectivity index is 2.11. The number of hydrogen-bond acceptors (Lipinski definition) is 5. The molecule has 2 heterocycles. The Morgan fingerprint density at radius 2 is 2.32 bits per heavy atom. The van der Waals surface area contributed by atoms with Gasteiger partial charge in [0.2, 0.25) is 0 Å². The average Bonchev–Trinajstić information content (AvgIpc) is 2.95. The number of amides is 1. The van der Waals surface area contributed by atoms with Crippen molar-refractivity contribution in [1.29, 1.82) is 0 Å². The predicted molar refractivity (Wildman–Crippen MR) is 72.0 cm³/mol. The fraction of sp³-hybridized carbons (Fsp3) is 0.462. The highest BCUT2D eigenvalue weighted by Gasteiger charge is 2.32. The molecule has 1 saturated heterocycles. The van der Waals surface area contributed by atoms with Crippen LogP contribution in [0.5, 0.6) is 0 Å². The number of thioether (sulfide) groups is 1. The molecule has 1 aliphatic rings. The topological polar surface area (TPSA) is 59.5 Å². The molecule has 1 amide bonds. The highest BCUT2D eigenvalue weighted by atomic mass is 32.2. The van der Waals surface area contributed by atoms with Crippen LogP contribution in [0.2, 0.25) is 0 Å². The second-order valence-electron chi connectivity index (χ2n) is 4.32. The van der Waals surface area contributed by atoms with Crippen LogP contribution >= 0.6 is 11.8 Å². The first-order valence-electron chi connectivity index (χ1n) is 6.03. The van der Waals surface area contributed by atoms with Crippen molar-refractivity contribution in [3.8, 4) is 0 Å². The molecule has 2 rings (SSSR count). The van der Waals surface area contributed by atoms with Gasteiger partial charge in [0.25, 0.3) is 5.91 Å². The van der Waals surface area contributed by atoms with Crippen LogP contribution in [-0.2, 0) is 9.53 Å². The normalized spacial score (nSPS) is 18.4. The fourth-order valence-corrected chi connectivity index (χ4v) is 2.73. The van der Waals surface area contributed by atoms with E-state index in [0.717, 1.165) is 0 Å². The van der Waals surface area contributed by atoms with E-state index in [0.29, 0.717) is 30.1 Å². The number of carbonyl (C=O) groups is 2. The first-order valence-corrected chi connectivity index (χ1v) is 7.26. The van der Waals surface area contributed by atoms with Crippen molar-refractivity contribution in [1.82, 2.24) is 9.88 Å². The van der Waals surface area contributed by atoms with E-state index in [1.807, 2.05) is 6.26 Å². The molecule has 1 aliphatic heterocycles. The summed E-state index contributed by atoms with van der Waals surface area (Å²) in [7, 11) is 1.37. The van der Waals surface area contributed by atoms with Gasteiger partial charge in [-0.1, -0.05) is 0 Å². The molecule has 0 bridgehead atoms. The summed E-state index contributed by atoms with van der Waals surface area (Å²) < 4.78 is 4.72. The van der Waals surface area contributed by atoms with Gasteiger partial charge in [-0.25, -0.2) is 4.98 Å². The highest BCUT2D eigenvalue weighted by Crippen LogP contribution is 2.23. The Morgan fingerprint density at radius 1 is 1.53 bits per heavy atom. The maximum atomic E-state index is 12.4. The predicted octanol–water partition coefficient (Wildman–Crippen LogP) is 1.44. The van der Waals surface area contributed by atoms with Gasteiger partial charge in [-0.05, 0) is 24.8 Å². The zero-order valence-electron chi connectivity index (χ0n) is 11.0. The average molecular weight is 280 g/mol. The van der Waals surface area contributed by atoms with Gasteiger partial charge < -0.3 is 9.64 Å². The molecule has 0 saturated carbocycles. The highest BCUT2D eigenvalue weighted by molar-refractivity contribution is 7.98. The quantitative estimate of drug-likeness (QED) is 0.619. The van der Waals surface area contributed by atoms with Crippen molar-refractivity contribution in [3.63, 3.8) is 0 Å². The maximum Gasteiger partial charge on any atom is 0.310 e. The van der Waals surface area contributed by atoms with Crippen molar-refractivity contribution in [2.45, 2.75) is 11.4 Å². The Bertz CT molecular complexity index is 493. The molecule has 1 fully saturated rings. The van der Waals surface area contributed by atoms with E-state index in [1.54, 1.807) is 23.2 Å². The van der Waals surface area contributed by atoms with E-state index in [4.69, 9.17) is 4.74 Å². The third kappa shape index (κ3) is 2.89. The van der Waals surface area contributed by atoms with Gasteiger partial charge in [0, 0.05) is 19.3 Å². The summed E-state index contributed by atoms with van der Waals surface area (Å²) in [6.07, 6.45) is 4.22. The lowest BCUT2D eigenvalue weighted by atomic mass is 10.1. The van der Waals surface area contributed by atoms with Crippen molar-refractivity contribution in [2.75, 3.05) is 26.5 Å². The number of nitrogens with zero attached hydrogens (tertiary/aromatic N) is 2. The zero-order valence-corrected chi connectivity index (χ0v) is 11.8. The summed E-state index contributed by atoms with van der Waals surface area (Å²) in [5.74, 6) is -0.515. The molecule has 0 aliphatic carbocycles. The summed E-state index contributed by atoms with van der Waals surface area (Å²) in [6.45, 7) is 1.01.